The second-order valence-electron chi connectivity index (χ2n) is 4.77. The van der Waals surface area contributed by atoms with Crippen LogP contribution in [0, 0.1) is 22.6 Å². The lowest BCUT2D eigenvalue weighted by Crippen LogP contribution is -2.21. The first-order valence-corrected chi connectivity index (χ1v) is 6.78. The number of amidine groups is 1. The molecule has 3 rings (SSSR count). The number of hydrazone groups is 1. The van der Waals surface area contributed by atoms with E-state index in [4.69, 9.17) is 16.4 Å². The summed E-state index contributed by atoms with van der Waals surface area (Å²) in [5.41, 5.74) is 10.1. The number of anilines is 1. The van der Waals surface area contributed by atoms with Gasteiger partial charge >= 0.3 is 0 Å². The van der Waals surface area contributed by atoms with Crippen molar-refractivity contribution in [1.82, 2.24) is 15.0 Å². The summed E-state index contributed by atoms with van der Waals surface area (Å²) in [5.74, 6) is -0.757. The van der Waals surface area contributed by atoms with Crippen molar-refractivity contribution in [3.8, 4) is 11.8 Å². The maximum atomic E-state index is 13.0. The Morgan fingerprint density at radius 3 is 2.58 bits per heavy atom. The monoisotopic (exact) mass is 322 g/mol. The summed E-state index contributed by atoms with van der Waals surface area (Å²) >= 11 is 0. The molecule has 4 N–H and O–H groups in total. The Hall–Kier alpha value is -3.80. The molecular weight excluding hydrogens is 311 g/mol. The van der Waals surface area contributed by atoms with Gasteiger partial charge in [0, 0.05) is 0 Å². The van der Waals surface area contributed by atoms with Gasteiger partial charge in [-0.05, 0) is 42.5 Å². The number of nitrogens with two attached hydrogens (primary N) is 1. The second-order valence-corrected chi connectivity index (χ2v) is 4.77. The van der Waals surface area contributed by atoms with Gasteiger partial charge in [-0.25, -0.2) is 4.39 Å². The molecule has 0 aliphatic heterocycles. The quantitative estimate of drug-likeness (QED) is 0.383. The van der Waals surface area contributed by atoms with Gasteiger partial charge in [0.25, 0.3) is 0 Å². The third kappa shape index (κ3) is 3.02. The fourth-order valence-electron chi connectivity index (χ4n) is 1.94. The molecule has 0 spiro atoms. The fourth-order valence-corrected chi connectivity index (χ4v) is 1.94. The Labute approximate surface area is 135 Å². The van der Waals surface area contributed by atoms with Crippen LogP contribution in [-0.4, -0.2) is 26.5 Å². The van der Waals surface area contributed by atoms with Crippen molar-refractivity contribution in [2.45, 2.75) is 0 Å². The van der Waals surface area contributed by atoms with Crippen molar-refractivity contribution in [3.63, 3.8) is 0 Å². The van der Waals surface area contributed by atoms with E-state index in [0.29, 0.717) is 22.4 Å². The van der Waals surface area contributed by atoms with Crippen LogP contribution in [0.5, 0.6) is 0 Å². The van der Waals surface area contributed by atoms with Crippen LogP contribution in [0.2, 0.25) is 0 Å². The third-order valence-corrected chi connectivity index (χ3v) is 3.10. The Balaban J connectivity index is 1.90. The number of aromatic nitrogens is 3. The molecule has 0 fully saturated rings. The molecule has 0 saturated carbocycles. The molecule has 0 aliphatic carbocycles. The Bertz CT molecular complexity index is 981. The number of nitrogens with zero attached hydrogens (tertiary/aromatic N) is 5. The molecule has 24 heavy (non-hydrogen) atoms. The minimum absolute atomic E-state index is 0.218. The molecule has 0 amide bonds. The highest BCUT2D eigenvalue weighted by molar-refractivity contribution is 6.45. The second kappa shape index (κ2) is 6.13. The summed E-state index contributed by atoms with van der Waals surface area (Å²) in [6, 6.07) is 12.6. The van der Waals surface area contributed by atoms with Crippen molar-refractivity contribution in [3.05, 3.63) is 48.3 Å². The maximum absolute atomic E-state index is 13.0. The van der Waals surface area contributed by atoms with Crippen LogP contribution in [0.3, 0.4) is 0 Å². The molecule has 0 saturated heterocycles. The summed E-state index contributed by atoms with van der Waals surface area (Å²) in [6.07, 6.45) is 0. The van der Waals surface area contributed by atoms with Crippen LogP contribution in [0.25, 0.3) is 16.7 Å². The zero-order chi connectivity index (χ0) is 17.1. The van der Waals surface area contributed by atoms with Gasteiger partial charge in [-0.1, -0.05) is 0 Å². The van der Waals surface area contributed by atoms with E-state index < -0.39 is 5.84 Å². The average molecular weight is 322 g/mol. The van der Waals surface area contributed by atoms with Crippen molar-refractivity contribution in [2.24, 2.45) is 10.8 Å². The number of rotatable bonds is 4. The molecule has 3 aromatic rings. The van der Waals surface area contributed by atoms with E-state index in [9.17, 15) is 4.39 Å². The van der Waals surface area contributed by atoms with E-state index in [1.165, 1.54) is 16.9 Å². The largest absolute Gasteiger partial charge is 0.382 e. The fraction of sp³-hybridized carbons (Fsp3) is 0. The van der Waals surface area contributed by atoms with E-state index in [-0.39, 0.29) is 11.5 Å². The van der Waals surface area contributed by atoms with Gasteiger partial charge in [0.2, 0.25) is 5.71 Å². The molecule has 0 unspecified atom stereocenters. The zero-order valence-corrected chi connectivity index (χ0v) is 12.2. The summed E-state index contributed by atoms with van der Waals surface area (Å²) in [4.78, 5) is 1.40. The summed E-state index contributed by atoms with van der Waals surface area (Å²) in [5, 5.41) is 28.4. The molecule has 118 valence electrons. The average Bonchev–Trinajstić information content (AvgIpc) is 2.99. The molecule has 1 heterocycles. The van der Waals surface area contributed by atoms with Gasteiger partial charge in [0.05, 0.1) is 11.4 Å². The standard InChI is InChI=1S/C15H11FN8/c16-9-1-4-11(5-2-9)24-22-12-6-3-10(7-13(12)23-24)20-21-14(8-17)15(18)19/h1-7,20H,(H3,18,19)/b21-14+. The summed E-state index contributed by atoms with van der Waals surface area (Å²) in [6.45, 7) is 0. The van der Waals surface area contributed by atoms with Crippen LogP contribution in [0.15, 0.2) is 47.6 Å². The Kier molecular flexibility index (Phi) is 3.86. The smallest absolute Gasteiger partial charge is 0.201 e. The van der Waals surface area contributed by atoms with Gasteiger partial charge in [-0.3, -0.25) is 10.8 Å². The van der Waals surface area contributed by atoms with E-state index >= 15 is 0 Å². The molecule has 8 nitrogen and oxygen atoms in total. The van der Waals surface area contributed by atoms with Crippen LogP contribution >= 0.6 is 0 Å². The number of halogens is 1. The van der Waals surface area contributed by atoms with Crippen LogP contribution in [0.4, 0.5) is 10.1 Å². The molecule has 0 atom stereocenters. The SMILES string of the molecule is N#C/C(=N\Nc1ccc2nn(-c3ccc(F)cc3)nc2c1)C(=N)N. The molecule has 2 aromatic carbocycles. The molecular formula is C15H11FN8. The first-order valence-electron chi connectivity index (χ1n) is 6.78. The third-order valence-electron chi connectivity index (χ3n) is 3.10. The Morgan fingerprint density at radius 1 is 1.21 bits per heavy atom. The van der Waals surface area contributed by atoms with Crippen LogP contribution in [0.1, 0.15) is 0 Å². The van der Waals surface area contributed by atoms with E-state index in [1.54, 1.807) is 36.4 Å². The van der Waals surface area contributed by atoms with Crippen LogP contribution in [-0.2, 0) is 0 Å². The zero-order valence-electron chi connectivity index (χ0n) is 12.2. The highest BCUT2D eigenvalue weighted by atomic mass is 19.1. The van der Waals surface area contributed by atoms with E-state index in [2.05, 4.69) is 20.7 Å². The minimum Gasteiger partial charge on any atom is -0.382 e. The lowest BCUT2D eigenvalue weighted by molar-refractivity contribution is 0.626. The number of nitriles is 1. The number of hydrogen-bond acceptors (Lipinski definition) is 6. The maximum Gasteiger partial charge on any atom is 0.201 e. The summed E-state index contributed by atoms with van der Waals surface area (Å²) in [7, 11) is 0. The number of benzene rings is 2. The number of hydrogen-bond donors (Lipinski definition) is 3. The molecule has 0 radical (unpaired) electrons. The number of fused-ring (bicyclic) bond motifs is 1. The first kappa shape index (κ1) is 15.1. The predicted octanol–water partition coefficient (Wildman–Crippen LogP) is 1.79. The summed E-state index contributed by atoms with van der Waals surface area (Å²) < 4.78 is 13.0. The molecule has 0 aliphatic rings. The van der Waals surface area contributed by atoms with Gasteiger partial charge in [0.1, 0.15) is 22.9 Å². The van der Waals surface area contributed by atoms with E-state index in [0.717, 1.165) is 0 Å². The highest BCUT2D eigenvalue weighted by Gasteiger charge is 2.06. The van der Waals surface area contributed by atoms with Crippen LogP contribution < -0.4 is 11.2 Å². The molecule has 0 bridgehead atoms. The Morgan fingerprint density at radius 2 is 1.92 bits per heavy atom. The van der Waals surface area contributed by atoms with Crippen molar-refractivity contribution >= 4 is 28.3 Å². The molecule has 9 heteroatoms. The highest BCUT2D eigenvalue weighted by Crippen LogP contribution is 2.17. The topological polar surface area (TPSA) is 129 Å². The van der Waals surface area contributed by atoms with Crippen molar-refractivity contribution in [1.29, 1.82) is 10.7 Å². The van der Waals surface area contributed by atoms with Crippen molar-refractivity contribution in [2.75, 3.05) is 5.43 Å². The predicted molar refractivity (Wildman–Crippen MR) is 87.4 cm³/mol. The normalized spacial score (nSPS) is 11.2. The lowest BCUT2D eigenvalue weighted by Gasteiger charge is -2.00. The lowest BCUT2D eigenvalue weighted by atomic mass is 10.3. The van der Waals surface area contributed by atoms with E-state index in [1.807, 2.05) is 0 Å². The van der Waals surface area contributed by atoms with Gasteiger partial charge in [-0.15, -0.1) is 10.2 Å². The molecule has 1 aromatic heterocycles. The minimum atomic E-state index is -0.423. The first-order chi connectivity index (χ1) is 11.6. The number of nitrogens with one attached hydrogen (secondary N) is 2. The van der Waals surface area contributed by atoms with Gasteiger partial charge in [-0.2, -0.15) is 15.2 Å². The van der Waals surface area contributed by atoms with Gasteiger partial charge < -0.3 is 5.73 Å². The van der Waals surface area contributed by atoms with Crippen molar-refractivity contribution < 1.29 is 4.39 Å². The van der Waals surface area contributed by atoms with Gasteiger partial charge in [0.15, 0.2) is 5.84 Å².